The number of hydrogen-bond donors (Lipinski definition) is 0. The van der Waals surface area contributed by atoms with Crippen molar-refractivity contribution < 1.29 is 25.2 Å². The predicted molar refractivity (Wildman–Crippen MR) is 186 cm³/mol. The SMILES string of the molecule is COc1ccc(C(=O)[O][Sn]([O]C(=O)c2ccc(OC)cc2)([c]2ccc(-c3ccccc3)cc2)[c]2ccc(-c3ccccc3)cc2)cc1. The zero-order valence-electron chi connectivity index (χ0n) is 26.0. The Hall–Kier alpha value is -5.34. The first-order valence-electron chi connectivity index (χ1n) is 15.1. The van der Waals surface area contributed by atoms with Gasteiger partial charge in [-0.15, -0.1) is 0 Å². The Balaban J connectivity index is 1.49. The van der Waals surface area contributed by atoms with Crippen molar-refractivity contribution in [1.29, 1.82) is 0 Å². The van der Waals surface area contributed by atoms with Crippen molar-refractivity contribution in [2.24, 2.45) is 0 Å². The summed E-state index contributed by atoms with van der Waals surface area (Å²) in [5.74, 6) is 0.0287. The monoisotopic (exact) mass is 728 g/mol. The van der Waals surface area contributed by atoms with E-state index >= 15 is 0 Å². The van der Waals surface area contributed by atoms with Gasteiger partial charge in [-0.3, -0.25) is 0 Å². The van der Waals surface area contributed by atoms with E-state index in [1.54, 1.807) is 62.8 Å². The van der Waals surface area contributed by atoms with Gasteiger partial charge in [0.2, 0.25) is 0 Å². The first kappa shape index (κ1) is 31.6. The van der Waals surface area contributed by atoms with Crippen molar-refractivity contribution in [3.63, 3.8) is 0 Å². The van der Waals surface area contributed by atoms with Crippen LogP contribution in [0, 0.1) is 0 Å². The standard InChI is InChI=1S/2C12H9.2C8H8O3.Sn/c2*1-3-7-11(8-4-1)12-9-5-2-6-10-12;2*1-11-7-4-2-6(3-5-7)8(9)10;/h2*1,3-10H;2*2-5H,1H3,(H,9,10);/q;;;;+2/p-2. The molecule has 0 bridgehead atoms. The van der Waals surface area contributed by atoms with Crippen molar-refractivity contribution in [3.05, 3.63) is 169 Å². The summed E-state index contributed by atoms with van der Waals surface area (Å²) in [7, 11) is 3.12. The van der Waals surface area contributed by atoms with Crippen molar-refractivity contribution >= 4 is 38.3 Å². The molecule has 0 saturated heterocycles. The molecule has 0 spiro atoms. The Morgan fingerprint density at radius 1 is 0.404 bits per heavy atom. The third kappa shape index (κ3) is 7.08. The van der Waals surface area contributed by atoms with Gasteiger partial charge in [0, 0.05) is 0 Å². The van der Waals surface area contributed by atoms with E-state index < -0.39 is 31.1 Å². The summed E-state index contributed by atoms with van der Waals surface area (Å²) < 4.78 is 25.0. The average molecular weight is 727 g/mol. The molecule has 0 heterocycles. The van der Waals surface area contributed by atoms with Gasteiger partial charge < -0.3 is 0 Å². The fraction of sp³-hybridized carbons (Fsp3) is 0.0500. The van der Waals surface area contributed by atoms with Crippen LogP contribution in [-0.2, 0) is 6.15 Å². The molecule has 0 aromatic heterocycles. The van der Waals surface area contributed by atoms with Gasteiger partial charge in [0.25, 0.3) is 0 Å². The number of carbonyl (C=O) groups excluding carboxylic acids is 2. The Bertz CT molecular complexity index is 1790. The van der Waals surface area contributed by atoms with Crippen LogP contribution in [0.2, 0.25) is 0 Å². The summed E-state index contributed by atoms with van der Waals surface area (Å²) in [6.07, 6.45) is 0. The summed E-state index contributed by atoms with van der Waals surface area (Å²) >= 11 is -5.18. The number of carbonyl (C=O) groups is 2. The maximum atomic E-state index is 14.0. The molecule has 0 aliphatic rings. The Kier molecular flexibility index (Phi) is 9.69. The molecule has 0 fully saturated rings. The van der Waals surface area contributed by atoms with E-state index in [0.717, 1.165) is 22.3 Å². The van der Waals surface area contributed by atoms with Crippen LogP contribution in [0.4, 0.5) is 0 Å². The van der Waals surface area contributed by atoms with Crippen molar-refractivity contribution in [2.75, 3.05) is 14.2 Å². The van der Waals surface area contributed by atoms with Gasteiger partial charge in [-0.1, -0.05) is 0 Å². The molecule has 0 atom stereocenters. The molecule has 0 aliphatic carbocycles. The summed E-state index contributed by atoms with van der Waals surface area (Å²) in [6.45, 7) is 0. The minimum absolute atomic E-state index is 0.314. The zero-order chi connectivity index (χ0) is 32.6. The molecule has 0 aliphatic heterocycles. The molecule has 232 valence electrons. The predicted octanol–water partition coefficient (Wildman–Crippen LogP) is 7.31. The van der Waals surface area contributed by atoms with E-state index in [4.69, 9.17) is 15.6 Å². The quantitative estimate of drug-likeness (QED) is 0.138. The molecule has 0 radical (unpaired) electrons. The van der Waals surface area contributed by atoms with Crippen molar-refractivity contribution in [3.8, 4) is 33.8 Å². The van der Waals surface area contributed by atoms with Crippen LogP contribution < -0.4 is 16.6 Å². The Labute approximate surface area is 279 Å². The van der Waals surface area contributed by atoms with Crippen LogP contribution in [0.3, 0.4) is 0 Å². The second kappa shape index (κ2) is 14.4. The molecule has 7 heteroatoms. The molecule has 6 aromatic rings. The van der Waals surface area contributed by atoms with Crippen molar-refractivity contribution in [1.82, 2.24) is 0 Å². The topological polar surface area (TPSA) is 71.1 Å². The molecule has 47 heavy (non-hydrogen) atoms. The third-order valence-electron chi connectivity index (χ3n) is 7.87. The first-order chi connectivity index (χ1) is 23.0. The van der Waals surface area contributed by atoms with Crippen molar-refractivity contribution in [2.45, 2.75) is 0 Å². The van der Waals surface area contributed by atoms with Gasteiger partial charge >= 0.3 is 280 Å². The number of methoxy groups -OCH3 is 2. The Morgan fingerprint density at radius 2 is 0.723 bits per heavy atom. The van der Waals surface area contributed by atoms with Gasteiger partial charge in [-0.25, -0.2) is 0 Å². The fourth-order valence-corrected chi connectivity index (χ4v) is 13.3. The van der Waals surface area contributed by atoms with E-state index in [-0.39, 0.29) is 0 Å². The maximum absolute atomic E-state index is 14.0. The van der Waals surface area contributed by atoms with E-state index in [2.05, 4.69) is 0 Å². The van der Waals surface area contributed by atoms with Gasteiger partial charge in [0.05, 0.1) is 0 Å². The summed E-state index contributed by atoms with van der Waals surface area (Å²) in [4.78, 5) is 27.9. The van der Waals surface area contributed by atoms with Crippen LogP contribution in [0.5, 0.6) is 11.5 Å². The molecular weight excluding hydrogens is 695 g/mol. The normalized spacial score (nSPS) is 10.9. The van der Waals surface area contributed by atoms with E-state index in [0.29, 0.717) is 29.8 Å². The molecule has 6 rings (SSSR count). The number of ether oxygens (including phenoxy) is 2. The van der Waals surface area contributed by atoms with Crippen LogP contribution in [0.25, 0.3) is 22.3 Å². The van der Waals surface area contributed by atoms with Gasteiger partial charge in [-0.05, 0) is 0 Å². The van der Waals surface area contributed by atoms with E-state index in [1.165, 1.54) is 0 Å². The second-order valence-corrected chi connectivity index (χ2v) is 18.7. The minimum atomic E-state index is -5.18. The molecule has 0 unspecified atom stereocenters. The third-order valence-corrected chi connectivity index (χ3v) is 16.8. The number of rotatable bonds is 10. The molecule has 0 N–H and O–H groups in total. The molecule has 6 nitrogen and oxygen atoms in total. The Morgan fingerprint density at radius 3 is 1.04 bits per heavy atom. The van der Waals surface area contributed by atoms with E-state index in [9.17, 15) is 9.59 Å². The van der Waals surface area contributed by atoms with Gasteiger partial charge in [0.1, 0.15) is 0 Å². The fourth-order valence-electron chi connectivity index (χ4n) is 5.28. The summed E-state index contributed by atoms with van der Waals surface area (Å²) in [5.41, 5.74) is 4.67. The average Bonchev–Trinajstić information content (AvgIpc) is 3.15. The first-order valence-corrected chi connectivity index (χ1v) is 20.2. The van der Waals surface area contributed by atoms with Gasteiger partial charge in [-0.2, -0.15) is 0 Å². The summed E-state index contributed by atoms with van der Waals surface area (Å²) in [5, 5.41) is 0. The van der Waals surface area contributed by atoms with Crippen LogP contribution in [0.15, 0.2) is 158 Å². The second-order valence-electron chi connectivity index (χ2n) is 10.7. The molecular formula is C40H32O6Sn. The molecule has 6 aromatic carbocycles. The van der Waals surface area contributed by atoms with Crippen LogP contribution >= 0.6 is 0 Å². The van der Waals surface area contributed by atoms with E-state index in [1.807, 2.05) is 109 Å². The number of benzene rings is 6. The molecule has 0 amide bonds. The summed E-state index contributed by atoms with van der Waals surface area (Å²) in [6, 6.07) is 48.8. The molecule has 0 saturated carbocycles. The van der Waals surface area contributed by atoms with Crippen LogP contribution in [0.1, 0.15) is 20.7 Å². The number of hydrogen-bond acceptors (Lipinski definition) is 6. The van der Waals surface area contributed by atoms with Crippen LogP contribution in [-0.4, -0.2) is 45.4 Å². The zero-order valence-corrected chi connectivity index (χ0v) is 28.8. The van der Waals surface area contributed by atoms with Gasteiger partial charge in [0.15, 0.2) is 0 Å².